The van der Waals surface area contributed by atoms with Crippen LogP contribution >= 0.6 is 0 Å². The first-order valence-electron chi connectivity index (χ1n) is 5.22. The van der Waals surface area contributed by atoms with Crippen molar-refractivity contribution in [2.24, 2.45) is 0 Å². The molecule has 0 saturated heterocycles. The largest absolute Gasteiger partial charge is 0.390 e. The average Bonchev–Trinajstić information content (AvgIpc) is 2.58. The molecule has 0 aliphatic rings. The second kappa shape index (κ2) is 5.66. The van der Waals surface area contributed by atoms with Crippen LogP contribution in [0.1, 0.15) is 31.2 Å². The first-order valence-corrected chi connectivity index (χ1v) is 5.22. The molecule has 1 N–H and O–H groups in total. The molecule has 0 aliphatic carbocycles. The molecule has 1 aromatic rings. The van der Waals surface area contributed by atoms with Gasteiger partial charge in [0.05, 0.1) is 6.61 Å². The Kier molecular flexibility index (Phi) is 4.47. The number of nitrogens with zero attached hydrogens (tertiary/aromatic N) is 1. The Hall–Kier alpha value is -1.02. The van der Waals surface area contributed by atoms with Gasteiger partial charge in [0.15, 0.2) is 0 Å². The van der Waals surface area contributed by atoms with Crippen molar-refractivity contribution < 1.29 is 5.11 Å². The van der Waals surface area contributed by atoms with Crippen molar-refractivity contribution in [2.75, 3.05) is 0 Å². The van der Waals surface area contributed by atoms with E-state index >= 15 is 0 Å². The van der Waals surface area contributed by atoms with E-state index in [-0.39, 0.29) is 6.61 Å². The number of hydrogen-bond donors (Lipinski definition) is 1. The molecule has 0 spiro atoms. The molecule has 0 saturated carbocycles. The van der Waals surface area contributed by atoms with Gasteiger partial charge >= 0.3 is 0 Å². The van der Waals surface area contributed by atoms with Crippen LogP contribution < -0.4 is 0 Å². The molecule has 0 aromatic carbocycles. The maximum absolute atomic E-state index is 9.13. The normalized spacial score (nSPS) is 10.4. The molecular weight excluding hydrogens is 174 g/mol. The molecule has 0 fully saturated rings. The summed E-state index contributed by atoms with van der Waals surface area (Å²) >= 11 is 0. The van der Waals surface area contributed by atoms with Gasteiger partial charge in [-0.2, -0.15) is 0 Å². The first kappa shape index (κ1) is 11.1. The van der Waals surface area contributed by atoms with Crippen LogP contribution in [0.4, 0.5) is 0 Å². The number of aromatic nitrogens is 1. The van der Waals surface area contributed by atoms with Crippen molar-refractivity contribution in [3.63, 3.8) is 0 Å². The van der Waals surface area contributed by atoms with E-state index in [1.54, 1.807) is 0 Å². The summed E-state index contributed by atoms with van der Waals surface area (Å²) in [6.45, 7) is 6.82. The Labute approximate surface area is 85.9 Å². The van der Waals surface area contributed by atoms with Crippen LogP contribution in [0.2, 0.25) is 0 Å². The Morgan fingerprint density at radius 1 is 1.43 bits per heavy atom. The van der Waals surface area contributed by atoms with Crippen LogP contribution in [0, 0.1) is 0 Å². The summed E-state index contributed by atoms with van der Waals surface area (Å²) < 4.78 is 2.14. The lowest BCUT2D eigenvalue weighted by Gasteiger charge is -2.09. The van der Waals surface area contributed by atoms with E-state index in [1.165, 1.54) is 18.5 Å². The van der Waals surface area contributed by atoms with Crippen LogP contribution in [0.3, 0.4) is 0 Å². The second-order valence-corrected chi connectivity index (χ2v) is 3.48. The smallest absolute Gasteiger partial charge is 0.0833 e. The van der Waals surface area contributed by atoms with E-state index in [1.807, 2.05) is 12.1 Å². The van der Waals surface area contributed by atoms with Crippen molar-refractivity contribution in [2.45, 2.75) is 39.3 Å². The fourth-order valence-electron chi connectivity index (χ4n) is 1.63. The summed E-state index contributed by atoms with van der Waals surface area (Å²) in [4.78, 5) is 0. The molecule has 2 heteroatoms. The average molecular weight is 193 g/mol. The van der Waals surface area contributed by atoms with Crippen LogP contribution in [0.15, 0.2) is 24.8 Å². The third kappa shape index (κ3) is 2.48. The minimum absolute atomic E-state index is 0.111. The first-order chi connectivity index (χ1) is 6.83. The molecule has 0 bridgehead atoms. The van der Waals surface area contributed by atoms with Gasteiger partial charge in [0.1, 0.15) is 0 Å². The van der Waals surface area contributed by atoms with E-state index in [0.717, 1.165) is 18.7 Å². The molecule has 0 atom stereocenters. The third-order valence-electron chi connectivity index (χ3n) is 2.42. The maximum Gasteiger partial charge on any atom is 0.0833 e. The van der Waals surface area contributed by atoms with Gasteiger partial charge in [-0.05, 0) is 25.0 Å². The van der Waals surface area contributed by atoms with E-state index in [4.69, 9.17) is 5.11 Å². The lowest BCUT2D eigenvalue weighted by Crippen LogP contribution is -2.05. The fraction of sp³-hybridized carbons (Fsp3) is 0.500. The summed E-state index contributed by atoms with van der Waals surface area (Å²) in [5.74, 6) is 0. The van der Waals surface area contributed by atoms with Gasteiger partial charge in [-0.15, -0.1) is 6.58 Å². The lowest BCUT2D eigenvalue weighted by atomic mass is 10.2. The number of unbranched alkanes of at least 4 members (excludes halogenated alkanes) is 1. The minimum Gasteiger partial charge on any atom is -0.390 e. The number of rotatable bonds is 6. The summed E-state index contributed by atoms with van der Waals surface area (Å²) in [5.41, 5.74) is 2.28. The van der Waals surface area contributed by atoms with E-state index in [2.05, 4.69) is 24.1 Å². The molecule has 14 heavy (non-hydrogen) atoms. The Balaban J connectivity index is 2.80. The Bertz CT molecular complexity index is 289. The van der Waals surface area contributed by atoms with E-state index < -0.39 is 0 Å². The third-order valence-corrected chi connectivity index (χ3v) is 2.42. The molecule has 78 valence electrons. The summed E-state index contributed by atoms with van der Waals surface area (Å²) in [6, 6.07) is 4.10. The lowest BCUT2D eigenvalue weighted by molar-refractivity contribution is 0.271. The van der Waals surface area contributed by atoms with Gasteiger partial charge in [-0.25, -0.2) is 0 Å². The zero-order valence-corrected chi connectivity index (χ0v) is 8.87. The van der Waals surface area contributed by atoms with Gasteiger partial charge in [-0.3, -0.25) is 0 Å². The molecule has 0 aliphatic heterocycles. The predicted octanol–water partition coefficient (Wildman–Crippen LogP) is 2.51. The summed E-state index contributed by atoms with van der Waals surface area (Å²) in [7, 11) is 0. The maximum atomic E-state index is 9.13. The SMILES string of the molecule is C=CCn1c(CO)ccc1CCCC. The number of aliphatic hydroxyl groups is 1. The van der Waals surface area contributed by atoms with E-state index in [0.29, 0.717) is 0 Å². The molecule has 0 unspecified atom stereocenters. The van der Waals surface area contributed by atoms with Crippen LogP contribution in [-0.2, 0) is 19.6 Å². The molecule has 1 aromatic heterocycles. The molecular formula is C12H19NO. The molecule has 2 nitrogen and oxygen atoms in total. The van der Waals surface area contributed by atoms with Crippen molar-refractivity contribution in [3.05, 3.63) is 36.2 Å². The summed E-state index contributed by atoms with van der Waals surface area (Å²) in [5, 5.41) is 9.13. The van der Waals surface area contributed by atoms with Gasteiger partial charge in [-0.1, -0.05) is 19.4 Å². The quantitative estimate of drug-likeness (QED) is 0.690. The van der Waals surface area contributed by atoms with Gasteiger partial charge in [0, 0.05) is 17.9 Å². The van der Waals surface area contributed by atoms with Crippen LogP contribution in [0.25, 0.3) is 0 Å². The van der Waals surface area contributed by atoms with Crippen molar-refractivity contribution >= 4 is 0 Å². The predicted molar refractivity (Wildman–Crippen MR) is 59.2 cm³/mol. The zero-order valence-electron chi connectivity index (χ0n) is 8.87. The second-order valence-electron chi connectivity index (χ2n) is 3.48. The number of hydrogen-bond acceptors (Lipinski definition) is 1. The molecule has 0 radical (unpaired) electrons. The molecule has 1 rings (SSSR count). The minimum atomic E-state index is 0.111. The van der Waals surface area contributed by atoms with Gasteiger partial charge < -0.3 is 9.67 Å². The standard InChI is InChI=1S/C12H19NO/c1-3-5-6-11-7-8-12(10-14)13(11)9-4-2/h4,7-8,14H,2-3,5-6,9-10H2,1H3. The Morgan fingerprint density at radius 3 is 2.71 bits per heavy atom. The fourth-order valence-corrected chi connectivity index (χ4v) is 1.63. The highest BCUT2D eigenvalue weighted by molar-refractivity contribution is 5.16. The van der Waals surface area contributed by atoms with E-state index in [9.17, 15) is 0 Å². The monoisotopic (exact) mass is 193 g/mol. The molecule has 0 amide bonds. The van der Waals surface area contributed by atoms with Crippen molar-refractivity contribution in [3.8, 4) is 0 Å². The van der Waals surface area contributed by atoms with Crippen LogP contribution in [0.5, 0.6) is 0 Å². The number of aryl methyl sites for hydroxylation is 1. The number of allylic oxidation sites excluding steroid dienone is 1. The number of aliphatic hydroxyl groups excluding tert-OH is 1. The van der Waals surface area contributed by atoms with Crippen molar-refractivity contribution in [1.82, 2.24) is 4.57 Å². The highest BCUT2D eigenvalue weighted by atomic mass is 16.3. The Morgan fingerprint density at radius 2 is 2.14 bits per heavy atom. The van der Waals surface area contributed by atoms with Crippen LogP contribution in [-0.4, -0.2) is 9.67 Å². The summed E-state index contributed by atoms with van der Waals surface area (Å²) in [6.07, 6.45) is 5.36. The molecule has 1 heterocycles. The highest BCUT2D eigenvalue weighted by Crippen LogP contribution is 2.12. The zero-order chi connectivity index (χ0) is 10.4. The van der Waals surface area contributed by atoms with Crippen molar-refractivity contribution in [1.29, 1.82) is 0 Å². The van der Waals surface area contributed by atoms with Gasteiger partial charge in [0.2, 0.25) is 0 Å². The van der Waals surface area contributed by atoms with Gasteiger partial charge in [0.25, 0.3) is 0 Å². The highest BCUT2D eigenvalue weighted by Gasteiger charge is 2.04. The topological polar surface area (TPSA) is 25.2 Å².